The number of hydrogen-bond acceptors (Lipinski definition) is 3. The molecule has 0 aromatic heterocycles. The predicted octanol–water partition coefficient (Wildman–Crippen LogP) is 3.12. The molecule has 0 atom stereocenters. The van der Waals surface area contributed by atoms with Gasteiger partial charge >= 0.3 is 0 Å². The molecule has 0 aliphatic carbocycles. The van der Waals surface area contributed by atoms with E-state index >= 15 is 0 Å². The summed E-state index contributed by atoms with van der Waals surface area (Å²) in [7, 11) is 3.65. The Morgan fingerprint density at radius 3 is 1.84 bits per heavy atom. The molecule has 1 aromatic carbocycles. The first-order chi connectivity index (χ1) is 8.73. The Balaban J connectivity index is 0.000000459. The summed E-state index contributed by atoms with van der Waals surface area (Å²) in [6, 6.07) is 10.3. The van der Waals surface area contributed by atoms with Gasteiger partial charge in [-0.25, -0.2) is 0 Å². The second kappa shape index (κ2) is 8.31. The smallest absolute Gasteiger partial charge is 0.0968 e. The topological polar surface area (TPSA) is 33.3 Å². The minimum absolute atomic E-state index is 0.0305. The Labute approximate surface area is 118 Å². The standard InChI is InChI=1S/C11H17NO.C5H13N/c1-11(2,12-9-13-3)10-7-5-4-6-8-10;1-5(2,3)6-4/h4-8,12H,9H2,1-3H3;6H,1-4H3. The first-order valence-electron chi connectivity index (χ1n) is 6.71. The van der Waals surface area contributed by atoms with Crippen molar-refractivity contribution in [1.29, 1.82) is 0 Å². The first kappa shape index (κ1) is 18.1. The van der Waals surface area contributed by atoms with Gasteiger partial charge in [-0.1, -0.05) is 30.3 Å². The van der Waals surface area contributed by atoms with E-state index in [9.17, 15) is 0 Å². The lowest BCUT2D eigenvalue weighted by atomic mass is 9.95. The maximum Gasteiger partial charge on any atom is 0.0968 e. The highest BCUT2D eigenvalue weighted by Gasteiger charge is 2.18. The van der Waals surface area contributed by atoms with Crippen LogP contribution in [0.1, 0.15) is 40.2 Å². The van der Waals surface area contributed by atoms with Gasteiger partial charge in [-0.15, -0.1) is 0 Å². The van der Waals surface area contributed by atoms with Gasteiger partial charge in [-0.3, -0.25) is 5.32 Å². The maximum atomic E-state index is 4.99. The fourth-order valence-electron chi connectivity index (χ4n) is 1.21. The van der Waals surface area contributed by atoms with Crippen LogP contribution in [0.3, 0.4) is 0 Å². The van der Waals surface area contributed by atoms with Crippen LogP contribution in [0.25, 0.3) is 0 Å². The average Bonchev–Trinajstić information content (AvgIpc) is 2.37. The summed E-state index contributed by atoms with van der Waals surface area (Å²) in [5.74, 6) is 0. The summed E-state index contributed by atoms with van der Waals surface area (Å²) in [5.41, 5.74) is 1.53. The lowest BCUT2D eigenvalue weighted by Gasteiger charge is -2.26. The third-order valence-electron chi connectivity index (χ3n) is 2.90. The van der Waals surface area contributed by atoms with Crippen molar-refractivity contribution in [2.45, 2.75) is 45.7 Å². The van der Waals surface area contributed by atoms with Crippen LogP contribution in [0.5, 0.6) is 0 Å². The summed E-state index contributed by atoms with van der Waals surface area (Å²) in [6.07, 6.45) is 0. The molecule has 2 N–H and O–H groups in total. The van der Waals surface area contributed by atoms with E-state index in [1.807, 2.05) is 25.2 Å². The molecule has 0 bridgehead atoms. The number of ether oxygens (including phenoxy) is 1. The highest BCUT2D eigenvalue weighted by Crippen LogP contribution is 2.18. The molecule has 0 unspecified atom stereocenters. The van der Waals surface area contributed by atoms with Crippen LogP contribution < -0.4 is 10.6 Å². The predicted molar refractivity (Wildman–Crippen MR) is 83.3 cm³/mol. The van der Waals surface area contributed by atoms with Gasteiger partial charge in [0.2, 0.25) is 0 Å². The van der Waals surface area contributed by atoms with Crippen molar-refractivity contribution in [3.63, 3.8) is 0 Å². The van der Waals surface area contributed by atoms with Crippen LogP contribution in [0.15, 0.2) is 30.3 Å². The van der Waals surface area contributed by atoms with Crippen molar-refractivity contribution in [2.75, 3.05) is 20.9 Å². The summed E-state index contributed by atoms with van der Waals surface area (Å²) in [5, 5.41) is 6.41. The molecule has 0 saturated carbocycles. The Morgan fingerprint density at radius 2 is 1.47 bits per heavy atom. The van der Waals surface area contributed by atoms with Crippen LogP contribution >= 0.6 is 0 Å². The molecule has 3 nitrogen and oxygen atoms in total. The van der Waals surface area contributed by atoms with Crippen LogP contribution in [-0.2, 0) is 10.3 Å². The molecule has 0 aliphatic heterocycles. The Morgan fingerprint density at radius 1 is 1.00 bits per heavy atom. The van der Waals surface area contributed by atoms with Crippen molar-refractivity contribution in [2.24, 2.45) is 0 Å². The van der Waals surface area contributed by atoms with Crippen LogP contribution in [0.4, 0.5) is 0 Å². The van der Waals surface area contributed by atoms with Crippen LogP contribution in [-0.4, -0.2) is 26.4 Å². The molecule has 1 aromatic rings. The minimum Gasteiger partial charge on any atom is -0.370 e. The number of hydrogen-bond donors (Lipinski definition) is 2. The van der Waals surface area contributed by atoms with Gasteiger partial charge in [-0.2, -0.15) is 0 Å². The normalized spacial score (nSPS) is 11.7. The molecule has 0 fully saturated rings. The number of rotatable bonds is 4. The average molecular weight is 266 g/mol. The molecule has 3 heteroatoms. The van der Waals surface area contributed by atoms with Crippen molar-refractivity contribution in [1.82, 2.24) is 10.6 Å². The van der Waals surface area contributed by atoms with Crippen LogP contribution in [0.2, 0.25) is 0 Å². The first-order valence-corrected chi connectivity index (χ1v) is 6.71. The zero-order valence-electron chi connectivity index (χ0n) is 13.5. The molecule has 1 rings (SSSR count). The van der Waals surface area contributed by atoms with Gasteiger partial charge in [0, 0.05) is 18.2 Å². The van der Waals surface area contributed by atoms with Gasteiger partial charge in [-0.05, 0) is 47.2 Å². The van der Waals surface area contributed by atoms with Gasteiger partial charge in [0.25, 0.3) is 0 Å². The van der Waals surface area contributed by atoms with Crippen molar-refractivity contribution < 1.29 is 4.74 Å². The van der Waals surface area contributed by atoms with Crippen molar-refractivity contribution in [3.8, 4) is 0 Å². The maximum absolute atomic E-state index is 4.99. The summed E-state index contributed by atoms with van der Waals surface area (Å²) < 4.78 is 4.99. The minimum atomic E-state index is -0.0305. The molecule has 0 radical (unpaired) electrons. The van der Waals surface area contributed by atoms with E-state index in [0.717, 1.165) is 0 Å². The lowest BCUT2D eigenvalue weighted by molar-refractivity contribution is 0.145. The molecule has 0 aliphatic rings. The van der Waals surface area contributed by atoms with E-state index in [0.29, 0.717) is 12.3 Å². The van der Waals surface area contributed by atoms with Gasteiger partial charge < -0.3 is 10.1 Å². The highest BCUT2D eigenvalue weighted by molar-refractivity contribution is 5.22. The number of methoxy groups -OCH3 is 1. The molecular weight excluding hydrogens is 236 g/mol. The molecular formula is C16H30N2O. The molecule has 0 amide bonds. The largest absolute Gasteiger partial charge is 0.370 e. The third kappa shape index (κ3) is 8.76. The zero-order valence-corrected chi connectivity index (χ0v) is 13.5. The van der Waals surface area contributed by atoms with Gasteiger partial charge in [0.15, 0.2) is 0 Å². The summed E-state index contributed by atoms with van der Waals surface area (Å²) in [4.78, 5) is 0. The van der Waals surface area contributed by atoms with E-state index in [1.165, 1.54) is 5.56 Å². The summed E-state index contributed by atoms with van der Waals surface area (Å²) in [6.45, 7) is 11.2. The van der Waals surface area contributed by atoms with E-state index in [1.54, 1.807) is 7.11 Å². The fraction of sp³-hybridized carbons (Fsp3) is 0.625. The third-order valence-corrected chi connectivity index (χ3v) is 2.90. The molecule has 110 valence electrons. The van der Waals surface area contributed by atoms with Gasteiger partial charge in [0.05, 0.1) is 6.73 Å². The zero-order chi connectivity index (χ0) is 14.9. The van der Waals surface area contributed by atoms with E-state index in [2.05, 4.69) is 57.4 Å². The van der Waals surface area contributed by atoms with Crippen molar-refractivity contribution >= 4 is 0 Å². The lowest BCUT2D eigenvalue weighted by Crippen LogP contribution is -2.37. The monoisotopic (exact) mass is 266 g/mol. The number of nitrogens with one attached hydrogen (secondary N) is 2. The Kier molecular flexibility index (Phi) is 7.91. The molecule has 0 heterocycles. The molecule has 0 spiro atoms. The fourth-order valence-corrected chi connectivity index (χ4v) is 1.21. The van der Waals surface area contributed by atoms with E-state index in [-0.39, 0.29) is 5.54 Å². The quantitative estimate of drug-likeness (QED) is 0.822. The Hall–Kier alpha value is -0.900. The second-order valence-corrected chi connectivity index (χ2v) is 6.10. The molecule has 19 heavy (non-hydrogen) atoms. The van der Waals surface area contributed by atoms with E-state index in [4.69, 9.17) is 4.74 Å². The summed E-state index contributed by atoms with van der Waals surface area (Å²) >= 11 is 0. The second-order valence-electron chi connectivity index (χ2n) is 6.10. The van der Waals surface area contributed by atoms with Crippen molar-refractivity contribution in [3.05, 3.63) is 35.9 Å². The number of benzene rings is 1. The Bertz CT molecular complexity index is 328. The van der Waals surface area contributed by atoms with Gasteiger partial charge in [0.1, 0.15) is 0 Å². The van der Waals surface area contributed by atoms with Crippen LogP contribution in [0, 0.1) is 0 Å². The van der Waals surface area contributed by atoms with E-state index < -0.39 is 0 Å². The SMILES string of the molecule is CNC(C)(C)C.COCNC(C)(C)c1ccccc1. The highest BCUT2D eigenvalue weighted by atomic mass is 16.5. The molecule has 0 saturated heterocycles.